The minimum absolute atomic E-state index is 0.0693. The number of aliphatic carboxylic acids is 1. The third kappa shape index (κ3) is 8.09. The van der Waals surface area contributed by atoms with E-state index in [4.69, 9.17) is 0 Å². The summed E-state index contributed by atoms with van der Waals surface area (Å²) in [4.78, 5) is 48.2. The van der Waals surface area contributed by atoms with Gasteiger partial charge in [0.2, 0.25) is 5.91 Å². The molecule has 0 saturated carbocycles. The number of carboxylic acids is 1. The second-order valence-electron chi connectivity index (χ2n) is 12.9. The van der Waals surface area contributed by atoms with Gasteiger partial charge in [-0.2, -0.15) is 5.26 Å². The number of amides is 1. The number of nitrogens with one attached hydrogen (secondary N) is 1. The van der Waals surface area contributed by atoms with Crippen LogP contribution in [-0.4, -0.2) is 38.8 Å². The fourth-order valence-electron chi connectivity index (χ4n) is 4.76. The molecule has 2 atom stereocenters. The van der Waals surface area contributed by atoms with E-state index in [2.05, 4.69) is 42.1 Å². The molecule has 2 aromatic carbocycles. The van der Waals surface area contributed by atoms with Crippen LogP contribution in [0.15, 0.2) is 67.0 Å². The lowest BCUT2D eigenvalue weighted by Gasteiger charge is -2.18. The molecule has 0 saturated heterocycles. The molecular weight excluding hydrogens is 603 g/mol. The van der Waals surface area contributed by atoms with Crippen molar-refractivity contribution in [2.75, 3.05) is 0 Å². The second kappa shape index (κ2) is 13.7. The maximum atomic E-state index is 14.9. The van der Waals surface area contributed by atoms with Crippen LogP contribution >= 0.6 is 11.3 Å². The molecule has 0 fully saturated rings. The summed E-state index contributed by atoms with van der Waals surface area (Å²) in [6.07, 6.45) is 3.23. The van der Waals surface area contributed by atoms with Crippen molar-refractivity contribution >= 4 is 29.0 Å². The molecule has 1 amide bonds. The molecular formula is C36H37FN4O4S. The molecule has 2 aromatic heterocycles. The van der Waals surface area contributed by atoms with Crippen molar-refractivity contribution < 1.29 is 23.9 Å². The number of carbonyl (C=O) groups excluding carboxylic acids is 2. The van der Waals surface area contributed by atoms with E-state index in [1.54, 1.807) is 44.2 Å². The minimum atomic E-state index is -1.16. The van der Waals surface area contributed by atoms with Crippen LogP contribution < -0.4 is 5.32 Å². The largest absolute Gasteiger partial charge is 0.480 e. The lowest BCUT2D eigenvalue weighted by Crippen LogP contribution is -2.42. The van der Waals surface area contributed by atoms with Crippen LogP contribution in [0.4, 0.5) is 4.39 Å². The van der Waals surface area contributed by atoms with Gasteiger partial charge in [0.15, 0.2) is 11.6 Å². The highest BCUT2D eigenvalue weighted by Crippen LogP contribution is 2.32. The number of aromatic nitrogens is 2. The summed E-state index contributed by atoms with van der Waals surface area (Å²) in [6.45, 7) is 11.0. The van der Waals surface area contributed by atoms with Gasteiger partial charge >= 0.3 is 5.97 Å². The molecule has 0 aliphatic heterocycles. The first-order chi connectivity index (χ1) is 21.6. The highest BCUT2D eigenvalue weighted by atomic mass is 32.1. The molecule has 0 unspecified atom stereocenters. The van der Waals surface area contributed by atoms with Crippen molar-refractivity contribution in [3.8, 4) is 28.6 Å². The van der Waals surface area contributed by atoms with E-state index in [0.717, 1.165) is 10.4 Å². The Hall–Kier alpha value is -4.75. The Morgan fingerprint density at radius 3 is 2.17 bits per heavy atom. The van der Waals surface area contributed by atoms with E-state index in [0.29, 0.717) is 33.0 Å². The van der Waals surface area contributed by atoms with Crippen molar-refractivity contribution in [1.82, 2.24) is 15.3 Å². The number of halogens is 1. The summed E-state index contributed by atoms with van der Waals surface area (Å²) >= 11 is 1.41. The Balaban J connectivity index is 1.51. The predicted octanol–water partition coefficient (Wildman–Crippen LogP) is 7.13. The van der Waals surface area contributed by atoms with Crippen molar-refractivity contribution in [3.63, 3.8) is 0 Å². The Morgan fingerprint density at radius 1 is 0.978 bits per heavy atom. The van der Waals surface area contributed by atoms with Crippen molar-refractivity contribution in [2.24, 2.45) is 5.92 Å². The van der Waals surface area contributed by atoms with Gasteiger partial charge in [0.1, 0.15) is 11.9 Å². The Labute approximate surface area is 272 Å². The summed E-state index contributed by atoms with van der Waals surface area (Å²) in [5.41, 5.74) is 1.95. The number of hydrogen-bond donors (Lipinski definition) is 2. The lowest BCUT2D eigenvalue weighted by molar-refractivity contribution is -0.141. The van der Waals surface area contributed by atoms with E-state index in [9.17, 15) is 29.1 Å². The SMILES string of the molecule is C[C@@H](NC(=O)[C@@H](CC(=O)c1ccc(C(C)(C)C)s1)Cc1ccc(-c2ncc(-c3ccc(C(C)(C)C#N)cc3F)cn2)cc1)C(=O)O. The summed E-state index contributed by atoms with van der Waals surface area (Å²) in [5, 5.41) is 21.2. The number of ketones is 1. The molecule has 2 heterocycles. The van der Waals surface area contributed by atoms with Crippen LogP contribution in [0, 0.1) is 23.1 Å². The molecule has 0 radical (unpaired) electrons. The minimum Gasteiger partial charge on any atom is -0.480 e. The van der Waals surface area contributed by atoms with Crippen LogP contribution in [0.1, 0.15) is 73.6 Å². The molecule has 0 spiro atoms. The van der Waals surface area contributed by atoms with E-state index in [1.165, 1.54) is 36.7 Å². The number of thiophene rings is 1. The third-order valence-electron chi connectivity index (χ3n) is 7.78. The van der Waals surface area contributed by atoms with Gasteiger partial charge in [-0.05, 0) is 61.9 Å². The number of Topliss-reactive ketones (excluding diaryl/α,β-unsaturated/α-hetero) is 1. The summed E-state index contributed by atoms with van der Waals surface area (Å²) in [6, 6.07) is 16.7. The van der Waals surface area contributed by atoms with Gasteiger partial charge in [0.05, 0.1) is 16.4 Å². The van der Waals surface area contributed by atoms with E-state index in [1.807, 2.05) is 18.2 Å². The normalized spacial score (nSPS) is 13.0. The number of nitrogens with zero attached hydrogens (tertiary/aromatic N) is 3. The Morgan fingerprint density at radius 2 is 1.63 bits per heavy atom. The van der Waals surface area contributed by atoms with Crippen LogP contribution in [0.3, 0.4) is 0 Å². The van der Waals surface area contributed by atoms with Gasteiger partial charge in [0.25, 0.3) is 0 Å². The topological polar surface area (TPSA) is 133 Å². The number of carboxylic acid groups (broad SMARTS) is 1. The first kappa shape index (κ1) is 34.1. The van der Waals surface area contributed by atoms with Crippen LogP contribution in [0.5, 0.6) is 0 Å². The summed E-state index contributed by atoms with van der Waals surface area (Å²) < 4.78 is 14.9. The smallest absolute Gasteiger partial charge is 0.325 e. The molecule has 10 heteroatoms. The first-order valence-electron chi connectivity index (χ1n) is 14.9. The number of carbonyl (C=O) groups is 3. The maximum Gasteiger partial charge on any atom is 0.325 e. The van der Waals surface area contributed by atoms with E-state index < -0.39 is 35.1 Å². The molecule has 0 aliphatic rings. The predicted molar refractivity (Wildman–Crippen MR) is 176 cm³/mol. The van der Waals surface area contributed by atoms with Crippen molar-refractivity contribution in [1.29, 1.82) is 5.26 Å². The van der Waals surface area contributed by atoms with Crippen LogP contribution in [0.2, 0.25) is 0 Å². The molecule has 238 valence electrons. The molecule has 0 bridgehead atoms. The standard InChI is InChI=1S/C36H37FN4O4S/c1-21(34(44)45)41-33(43)24(16-29(42)30-13-14-31(46-30)35(2,3)4)15-22-7-9-23(10-8-22)32-39-18-25(19-40-32)27-12-11-26(17-28(27)37)36(5,6)20-38/h7-14,17-19,21,24H,15-16H2,1-6H3,(H,41,43)(H,44,45)/t21-,24-/m1/s1. The van der Waals surface area contributed by atoms with Gasteiger partial charge in [-0.3, -0.25) is 14.4 Å². The van der Waals surface area contributed by atoms with E-state index >= 15 is 0 Å². The Kier molecular flexibility index (Phi) is 10.2. The van der Waals surface area contributed by atoms with Gasteiger partial charge < -0.3 is 10.4 Å². The average molecular weight is 641 g/mol. The first-order valence-corrected chi connectivity index (χ1v) is 15.7. The van der Waals surface area contributed by atoms with Crippen LogP contribution in [0.25, 0.3) is 22.5 Å². The number of benzene rings is 2. The summed E-state index contributed by atoms with van der Waals surface area (Å²) in [7, 11) is 0. The fraction of sp³-hybridized carbons (Fsp3) is 0.333. The zero-order valence-corrected chi connectivity index (χ0v) is 27.5. The Bertz CT molecular complexity index is 1780. The second-order valence-corrected chi connectivity index (χ2v) is 14.0. The number of rotatable bonds is 11. The van der Waals surface area contributed by atoms with Gasteiger partial charge in [-0.1, -0.05) is 57.2 Å². The average Bonchev–Trinajstić information content (AvgIpc) is 3.53. The molecule has 0 aliphatic carbocycles. The van der Waals surface area contributed by atoms with Crippen LogP contribution in [-0.2, 0) is 26.8 Å². The zero-order valence-electron chi connectivity index (χ0n) is 26.7. The highest BCUT2D eigenvalue weighted by Gasteiger charge is 2.27. The monoisotopic (exact) mass is 640 g/mol. The van der Waals surface area contributed by atoms with Gasteiger partial charge in [-0.25, -0.2) is 14.4 Å². The van der Waals surface area contributed by atoms with Gasteiger partial charge in [0, 0.05) is 46.3 Å². The number of hydrogen-bond acceptors (Lipinski definition) is 7. The van der Waals surface area contributed by atoms with Crippen molar-refractivity contribution in [3.05, 3.63) is 93.7 Å². The molecule has 2 N–H and O–H groups in total. The molecule has 46 heavy (non-hydrogen) atoms. The molecule has 8 nitrogen and oxygen atoms in total. The van der Waals surface area contributed by atoms with Crippen molar-refractivity contribution in [2.45, 2.75) is 71.3 Å². The molecule has 4 aromatic rings. The van der Waals surface area contributed by atoms with E-state index in [-0.39, 0.29) is 24.0 Å². The third-order valence-corrected chi connectivity index (χ3v) is 9.33. The quantitative estimate of drug-likeness (QED) is 0.167. The molecule has 4 rings (SSSR count). The fourth-order valence-corrected chi connectivity index (χ4v) is 5.77. The summed E-state index contributed by atoms with van der Waals surface area (Å²) in [5.74, 6) is -2.67. The zero-order chi connectivity index (χ0) is 33.8. The lowest BCUT2D eigenvalue weighted by atomic mass is 9.85. The number of nitriles is 1. The highest BCUT2D eigenvalue weighted by molar-refractivity contribution is 7.14. The van der Waals surface area contributed by atoms with Gasteiger partial charge in [-0.15, -0.1) is 11.3 Å². The maximum absolute atomic E-state index is 14.9.